The fourth-order valence-electron chi connectivity index (χ4n) is 0.609. The summed E-state index contributed by atoms with van der Waals surface area (Å²) >= 11 is 7.27. The minimum absolute atomic E-state index is 0.0573. The lowest BCUT2D eigenvalue weighted by Crippen LogP contribution is -1.84. The molecule has 0 amide bonds. The van der Waals surface area contributed by atoms with Crippen molar-refractivity contribution in [3.63, 3.8) is 0 Å². The second kappa shape index (κ2) is 3.99. The number of alkyl halides is 1. The molecule has 0 N–H and O–H groups in total. The van der Waals surface area contributed by atoms with Crippen molar-refractivity contribution in [3.8, 4) is 0 Å². The van der Waals surface area contributed by atoms with E-state index in [4.69, 9.17) is 16.3 Å². The first-order chi connectivity index (χ1) is 5.24. The Morgan fingerprint density at radius 3 is 2.82 bits per heavy atom. The van der Waals surface area contributed by atoms with Gasteiger partial charge in [0, 0.05) is 7.11 Å². The summed E-state index contributed by atoms with van der Waals surface area (Å²) in [6.45, 7) is 2.39. The summed E-state index contributed by atoms with van der Waals surface area (Å²) in [7, 11) is 1.63. The fraction of sp³-hybridized carbons (Fsp3) is 0.667. The van der Waals surface area contributed by atoms with Crippen LogP contribution in [-0.4, -0.2) is 17.3 Å². The Morgan fingerprint density at radius 1 is 1.64 bits per heavy atom. The number of halogens is 1. The number of methoxy groups -OCH3 is 1. The third kappa shape index (κ3) is 2.39. The summed E-state index contributed by atoms with van der Waals surface area (Å²) in [5.74, 6) is 0. The average molecular weight is 193 g/mol. The Balaban J connectivity index is 2.66. The van der Waals surface area contributed by atoms with Gasteiger partial charge < -0.3 is 4.74 Å². The van der Waals surface area contributed by atoms with Crippen LogP contribution in [0.5, 0.6) is 0 Å². The molecule has 0 aliphatic rings. The van der Waals surface area contributed by atoms with Gasteiger partial charge in [-0.05, 0) is 6.92 Å². The van der Waals surface area contributed by atoms with Crippen LogP contribution in [0.2, 0.25) is 0 Å². The van der Waals surface area contributed by atoms with Crippen LogP contribution >= 0.6 is 22.9 Å². The van der Waals surface area contributed by atoms with Gasteiger partial charge in [-0.1, -0.05) is 11.3 Å². The summed E-state index contributed by atoms with van der Waals surface area (Å²) in [6, 6.07) is 0. The van der Waals surface area contributed by atoms with Crippen LogP contribution in [-0.2, 0) is 11.3 Å². The lowest BCUT2D eigenvalue weighted by molar-refractivity contribution is 0.184. The lowest BCUT2D eigenvalue weighted by Gasteiger charge is -1.91. The van der Waals surface area contributed by atoms with E-state index in [1.165, 1.54) is 11.3 Å². The molecule has 11 heavy (non-hydrogen) atoms. The Morgan fingerprint density at radius 2 is 2.36 bits per heavy atom. The van der Waals surface area contributed by atoms with Crippen molar-refractivity contribution in [2.24, 2.45) is 0 Å². The smallest absolute Gasteiger partial charge is 0.143 e. The number of aromatic nitrogens is 2. The molecule has 1 aromatic heterocycles. The molecule has 0 aliphatic heterocycles. The zero-order valence-corrected chi connectivity index (χ0v) is 7.95. The van der Waals surface area contributed by atoms with E-state index >= 15 is 0 Å². The van der Waals surface area contributed by atoms with Gasteiger partial charge in [0.15, 0.2) is 0 Å². The van der Waals surface area contributed by atoms with Crippen molar-refractivity contribution < 1.29 is 4.74 Å². The van der Waals surface area contributed by atoms with E-state index in [-0.39, 0.29) is 5.38 Å². The molecule has 0 saturated carbocycles. The summed E-state index contributed by atoms with van der Waals surface area (Å²) in [4.78, 5) is 0. The highest BCUT2D eigenvalue weighted by Crippen LogP contribution is 2.22. The van der Waals surface area contributed by atoms with E-state index in [0.717, 1.165) is 10.0 Å². The van der Waals surface area contributed by atoms with Crippen LogP contribution in [0.15, 0.2) is 0 Å². The van der Waals surface area contributed by atoms with Crippen LogP contribution in [0.3, 0.4) is 0 Å². The largest absolute Gasteiger partial charge is 0.377 e. The number of nitrogens with zero attached hydrogens (tertiary/aromatic N) is 2. The number of hydrogen-bond donors (Lipinski definition) is 0. The van der Waals surface area contributed by atoms with Crippen LogP contribution < -0.4 is 0 Å². The molecule has 3 nitrogen and oxygen atoms in total. The van der Waals surface area contributed by atoms with E-state index < -0.39 is 0 Å². The summed E-state index contributed by atoms with van der Waals surface area (Å²) < 4.78 is 4.89. The average Bonchev–Trinajstić information content (AvgIpc) is 2.37. The number of rotatable bonds is 3. The summed E-state index contributed by atoms with van der Waals surface area (Å²) in [6.07, 6.45) is 0. The van der Waals surface area contributed by atoms with Crippen molar-refractivity contribution in [2.45, 2.75) is 18.9 Å². The van der Waals surface area contributed by atoms with Gasteiger partial charge in [0.1, 0.15) is 10.0 Å². The molecule has 1 unspecified atom stereocenters. The second-order valence-corrected chi connectivity index (χ2v) is 3.83. The standard InChI is InChI=1S/C6H9ClN2OS/c1-4(7)6-9-8-5(11-6)3-10-2/h4H,3H2,1-2H3. The molecule has 0 aromatic carbocycles. The first kappa shape index (κ1) is 8.90. The van der Waals surface area contributed by atoms with Crippen LogP contribution in [0.25, 0.3) is 0 Å². The van der Waals surface area contributed by atoms with Crippen molar-refractivity contribution >= 4 is 22.9 Å². The maximum Gasteiger partial charge on any atom is 0.143 e. The van der Waals surface area contributed by atoms with Gasteiger partial charge in [-0.25, -0.2) is 0 Å². The SMILES string of the molecule is COCc1nnc(C(C)Cl)s1. The van der Waals surface area contributed by atoms with Crippen molar-refractivity contribution in [2.75, 3.05) is 7.11 Å². The molecule has 0 fully saturated rings. The van der Waals surface area contributed by atoms with Crippen molar-refractivity contribution in [3.05, 3.63) is 10.0 Å². The molecule has 0 aliphatic carbocycles. The highest BCUT2D eigenvalue weighted by atomic mass is 35.5. The van der Waals surface area contributed by atoms with Gasteiger partial charge in [0.2, 0.25) is 0 Å². The Hall–Kier alpha value is -0.190. The van der Waals surface area contributed by atoms with Gasteiger partial charge >= 0.3 is 0 Å². The molecule has 1 heterocycles. The van der Waals surface area contributed by atoms with E-state index in [2.05, 4.69) is 10.2 Å². The highest BCUT2D eigenvalue weighted by molar-refractivity contribution is 7.11. The summed E-state index contributed by atoms with van der Waals surface area (Å²) in [5, 5.41) is 9.44. The second-order valence-electron chi connectivity index (χ2n) is 2.08. The first-order valence-corrected chi connectivity index (χ1v) is 4.44. The maximum absolute atomic E-state index is 5.78. The highest BCUT2D eigenvalue weighted by Gasteiger charge is 2.07. The molecular formula is C6H9ClN2OS. The third-order valence-electron chi connectivity index (χ3n) is 1.09. The molecule has 5 heteroatoms. The molecule has 1 aromatic rings. The van der Waals surface area contributed by atoms with Crippen molar-refractivity contribution in [1.29, 1.82) is 0 Å². The van der Waals surface area contributed by atoms with Gasteiger partial charge in [-0.2, -0.15) is 0 Å². The van der Waals surface area contributed by atoms with E-state index in [1.54, 1.807) is 7.11 Å². The molecule has 0 radical (unpaired) electrons. The molecular weight excluding hydrogens is 184 g/mol. The van der Waals surface area contributed by atoms with Gasteiger partial charge in [0.25, 0.3) is 0 Å². The molecule has 0 saturated heterocycles. The monoisotopic (exact) mass is 192 g/mol. The zero-order valence-electron chi connectivity index (χ0n) is 6.37. The molecule has 0 spiro atoms. The topological polar surface area (TPSA) is 35.0 Å². The van der Waals surface area contributed by atoms with Crippen LogP contribution in [0, 0.1) is 0 Å². The van der Waals surface area contributed by atoms with E-state index in [1.807, 2.05) is 6.92 Å². The Labute approximate surface area is 74.4 Å². The number of hydrogen-bond acceptors (Lipinski definition) is 4. The first-order valence-electron chi connectivity index (χ1n) is 3.19. The third-order valence-corrected chi connectivity index (χ3v) is 2.51. The fourth-order valence-corrected chi connectivity index (χ4v) is 1.53. The normalized spacial score (nSPS) is 13.4. The van der Waals surface area contributed by atoms with E-state index in [9.17, 15) is 0 Å². The van der Waals surface area contributed by atoms with Crippen molar-refractivity contribution in [1.82, 2.24) is 10.2 Å². The van der Waals surface area contributed by atoms with Gasteiger partial charge in [0.05, 0.1) is 12.0 Å². The molecule has 62 valence electrons. The van der Waals surface area contributed by atoms with Gasteiger partial charge in [-0.3, -0.25) is 0 Å². The lowest BCUT2D eigenvalue weighted by atomic mass is 10.5. The Kier molecular flexibility index (Phi) is 3.23. The zero-order chi connectivity index (χ0) is 8.27. The van der Waals surface area contributed by atoms with Crippen LogP contribution in [0.1, 0.15) is 22.3 Å². The molecule has 0 bridgehead atoms. The number of ether oxygens (including phenoxy) is 1. The minimum atomic E-state index is -0.0573. The maximum atomic E-state index is 5.78. The Bertz CT molecular complexity index is 226. The van der Waals surface area contributed by atoms with Gasteiger partial charge in [-0.15, -0.1) is 21.8 Å². The minimum Gasteiger partial charge on any atom is -0.377 e. The predicted octanol–water partition coefficient (Wildman–Crippen LogP) is 1.98. The molecule has 1 atom stereocenters. The van der Waals surface area contributed by atoms with Crippen LogP contribution in [0.4, 0.5) is 0 Å². The van der Waals surface area contributed by atoms with E-state index in [0.29, 0.717) is 6.61 Å². The summed E-state index contributed by atoms with van der Waals surface area (Å²) in [5.41, 5.74) is 0. The molecule has 1 rings (SSSR count). The predicted molar refractivity (Wildman–Crippen MR) is 44.9 cm³/mol. The quantitative estimate of drug-likeness (QED) is 0.687.